The van der Waals surface area contributed by atoms with Crippen LogP contribution in [0, 0.1) is 11.3 Å². The zero-order valence-electron chi connectivity index (χ0n) is 12.3. The molecule has 1 heterocycles. The van der Waals surface area contributed by atoms with E-state index in [0.717, 1.165) is 5.52 Å². The minimum absolute atomic E-state index is 0.110. The van der Waals surface area contributed by atoms with Gasteiger partial charge in [-0.05, 0) is 24.3 Å². The third-order valence-electron chi connectivity index (χ3n) is 3.41. The first kappa shape index (κ1) is 15.7. The molecule has 0 bridgehead atoms. The number of nitriles is 1. The van der Waals surface area contributed by atoms with Crippen molar-refractivity contribution >= 4 is 26.8 Å². The summed E-state index contributed by atoms with van der Waals surface area (Å²) in [5.41, 5.74) is 3.47. The van der Waals surface area contributed by atoms with Gasteiger partial charge < -0.3 is 4.98 Å². The van der Waals surface area contributed by atoms with E-state index in [9.17, 15) is 13.2 Å². The number of carbonyl (C=O) groups excluding carboxylic acids is 1. The molecule has 0 aliphatic heterocycles. The van der Waals surface area contributed by atoms with Gasteiger partial charge >= 0.3 is 0 Å². The van der Waals surface area contributed by atoms with Gasteiger partial charge in [0.2, 0.25) is 0 Å². The number of amides is 1. The summed E-state index contributed by atoms with van der Waals surface area (Å²) in [6, 6.07) is 14.5. The Morgan fingerprint density at radius 2 is 1.92 bits per heavy atom. The predicted molar refractivity (Wildman–Crippen MR) is 87.2 cm³/mol. The van der Waals surface area contributed by atoms with Crippen LogP contribution in [0.15, 0.2) is 59.6 Å². The Bertz CT molecular complexity index is 1060. The molecule has 0 spiro atoms. The van der Waals surface area contributed by atoms with E-state index in [2.05, 4.69) is 10.4 Å². The number of H-pyrrole nitrogens is 1. The van der Waals surface area contributed by atoms with E-state index in [1.165, 1.54) is 30.5 Å². The van der Waals surface area contributed by atoms with Crippen molar-refractivity contribution in [1.82, 2.24) is 15.2 Å². The van der Waals surface area contributed by atoms with E-state index in [0.29, 0.717) is 10.9 Å². The lowest BCUT2D eigenvalue weighted by molar-refractivity contribution is 0.0947. The molecule has 0 aliphatic carbocycles. The van der Waals surface area contributed by atoms with Crippen LogP contribution in [0.25, 0.3) is 10.9 Å². The van der Waals surface area contributed by atoms with Crippen molar-refractivity contribution in [3.8, 4) is 6.07 Å². The van der Waals surface area contributed by atoms with Crippen LogP contribution in [0.4, 0.5) is 0 Å². The van der Waals surface area contributed by atoms with Crippen LogP contribution in [0.1, 0.15) is 15.9 Å². The van der Waals surface area contributed by atoms with Gasteiger partial charge in [-0.3, -0.25) is 10.2 Å². The molecule has 0 atom stereocenters. The van der Waals surface area contributed by atoms with Gasteiger partial charge in [-0.1, -0.05) is 24.3 Å². The van der Waals surface area contributed by atoms with Crippen LogP contribution in [-0.4, -0.2) is 19.3 Å². The normalized spacial score (nSPS) is 11.1. The maximum Gasteiger partial charge on any atom is 0.268 e. The summed E-state index contributed by atoms with van der Waals surface area (Å²) in [4.78, 5) is 17.1. The SMILES string of the molecule is N#Cc1cccc(S(=O)(=O)NNC(=O)c2c[nH]c3ccccc23)c1. The van der Waals surface area contributed by atoms with Crippen molar-refractivity contribution in [1.29, 1.82) is 5.26 Å². The monoisotopic (exact) mass is 340 g/mol. The fourth-order valence-corrected chi connectivity index (χ4v) is 3.12. The average molecular weight is 340 g/mol. The van der Waals surface area contributed by atoms with Crippen molar-refractivity contribution in [2.75, 3.05) is 0 Å². The van der Waals surface area contributed by atoms with Gasteiger partial charge in [-0.15, -0.1) is 4.83 Å². The first-order valence-corrected chi connectivity index (χ1v) is 8.38. The molecule has 3 N–H and O–H groups in total. The predicted octanol–water partition coefficient (Wildman–Crippen LogP) is 1.66. The molecule has 7 nitrogen and oxygen atoms in total. The number of rotatable bonds is 4. The fourth-order valence-electron chi connectivity index (χ4n) is 2.23. The maximum absolute atomic E-state index is 12.2. The van der Waals surface area contributed by atoms with Crippen LogP contribution in [0.2, 0.25) is 0 Å². The van der Waals surface area contributed by atoms with Gasteiger partial charge in [0.15, 0.2) is 0 Å². The number of nitrogens with zero attached hydrogens (tertiary/aromatic N) is 1. The van der Waals surface area contributed by atoms with E-state index in [4.69, 9.17) is 5.26 Å². The quantitative estimate of drug-likeness (QED) is 0.627. The van der Waals surface area contributed by atoms with Gasteiger partial charge in [-0.2, -0.15) is 5.26 Å². The molecule has 0 saturated carbocycles. The fraction of sp³-hybridized carbons (Fsp3) is 0. The Kier molecular flexibility index (Phi) is 4.04. The number of fused-ring (bicyclic) bond motifs is 1. The molecule has 0 saturated heterocycles. The van der Waals surface area contributed by atoms with Crippen LogP contribution in [0.5, 0.6) is 0 Å². The van der Waals surface area contributed by atoms with E-state index >= 15 is 0 Å². The van der Waals surface area contributed by atoms with E-state index in [1.807, 2.05) is 23.0 Å². The van der Waals surface area contributed by atoms with Crippen LogP contribution in [0.3, 0.4) is 0 Å². The summed E-state index contributed by atoms with van der Waals surface area (Å²) in [7, 11) is -3.98. The summed E-state index contributed by atoms with van der Waals surface area (Å²) >= 11 is 0. The standard InChI is InChI=1S/C16H12N4O3S/c17-9-11-4-3-5-12(8-11)24(22,23)20-19-16(21)14-10-18-15-7-2-1-6-13(14)15/h1-8,10,18,20H,(H,19,21). The molecule has 0 unspecified atom stereocenters. The molecular formula is C16H12N4O3S. The van der Waals surface area contributed by atoms with Gasteiger partial charge in [0.05, 0.1) is 22.1 Å². The molecule has 1 amide bonds. The van der Waals surface area contributed by atoms with Crippen molar-refractivity contribution < 1.29 is 13.2 Å². The number of benzene rings is 2. The molecule has 8 heteroatoms. The van der Waals surface area contributed by atoms with Gasteiger partial charge in [0.25, 0.3) is 15.9 Å². The highest BCUT2D eigenvalue weighted by molar-refractivity contribution is 7.89. The van der Waals surface area contributed by atoms with E-state index < -0.39 is 15.9 Å². The van der Waals surface area contributed by atoms with Gasteiger partial charge in [-0.25, -0.2) is 8.42 Å². The van der Waals surface area contributed by atoms with Crippen molar-refractivity contribution in [2.45, 2.75) is 4.90 Å². The maximum atomic E-state index is 12.2. The number of aromatic amines is 1. The summed E-state index contributed by atoms with van der Waals surface area (Å²) in [6.07, 6.45) is 1.50. The number of hydrogen-bond acceptors (Lipinski definition) is 4. The molecule has 0 fully saturated rings. The lowest BCUT2D eigenvalue weighted by Gasteiger charge is -2.08. The Morgan fingerprint density at radius 1 is 1.12 bits per heavy atom. The number of carbonyl (C=O) groups is 1. The second-order valence-electron chi connectivity index (χ2n) is 4.95. The number of para-hydroxylation sites is 1. The molecule has 0 aliphatic rings. The van der Waals surface area contributed by atoms with Crippen LogP contribution < -0.4 is 10.3 Å². The highest BCUT2D eigenvalue weighted by Crippen LogP contribution is 2.17. The molecule has 0 radical (unpaired) electrons. The molecule has 1 aromatic heterocycles. The Labute approximate surface area is 137 Å². The lowest BCUT2D eigenvalue weighted by Crippen LogP contribution is -2.41. The summed E-state index contributed by atoms with van der Waals surface area (Å²) in [5, 5.41) is 9.51. The second-order valence-corrected chi connectivity index (χ2v) is 6.63. The zero-order valence-corrected chi connectivity index (χ0v) is 13.1. The smallest absolute Gasteiger partial charge is 0.268 e. The van der Waals surface area contributed by atoms with Crippen molar-refractivity contribution in [2.24, 2.45) is 0 Å². The Hall–Kier alpha value is -3.15. The number of aromatic nitrogens is 1. The Balaban J connectivity index is 1.79. The van der Waals surface area contributed by atoms with Crippen molar-refractivity contribution in [3.63, 3.8) is 0 Å². The van der Waals surface area contributed by atoms with Gasteiger partial charge in [0.1, 0.15) is 0 Å². The largest absolute Gasteiger partial charge is 0.360 e. The number of nitrogens with one attached hydrogen (secondary N) is 3. The highest BCUT2D eigenvalue weighted by atomic mass is 32.2. The minimum Gasteiger partial charge on any atom is -0.360 e. The van der Waals surface area contributed by atoms with Gasteiger partial charge in [0, 0.05) is 17.1 Å². The molecule has 3 aromatic rings. The molecule has 3 rings (SSSR count). The Morgan fingerprint density at radius 3 is 2.71 bits per heavy atom. The molecule has 24 heavy (non-hydrogen) atoms. The summed E-state index contributed by atoms with van der Waals surface area (Å²) in [5.74, 6) is -0.590. The minimum atomic E-state index is -3.98. The highest BCUT2D eigenvalue weighted by Gasteiger charge is 2.17. The van der Waals surface area contributed by atoms with E-state index in [-0.39, 0.29) is 10.5 Å². The third-order valence-corrected chi connectivity index (χ3v) is 4.65. The topological polar surface area (TPSA) is 115 Å². The van der Waals surface area contributed by atoms with Crippen LogP contribution in [-0.2, 0) is 10.0 Å². The van der Waals surface area contributed by atoms with E-state index in [1.54, 1.807) is 12.1 Å². The molecule has 2 aromatic carbocycles. The summed E-state index contributed by atoms with van der Waals surface area (Å²) in [6.45, 7) is 0. The number of sulfonamides is 1. The molecular weight excluding hydrogens is 328 g/mol. The average Bonchev–Trinajstić information content (AvgIpc) is 3.04. The first-order chi connectivity index (χ1) is 11.5. The third kappa shape index (κ3) is 2.99. The number of hydrogen-bond donors (Lipinski definition) is 3. The summed E-state index contributed by atoms with van der Waals surface area (Å²) < 4.78 is 24.4. The second kappa shape index (κ2) is 6.16. The lowest BCUT2D eigenvalue weighted by atomic mass is 10.2. The first-order valence-electron chi connectivity index (χ1n) is 6.90. The van der Waals surface area contributed by atoms with Crippen molar-refractivity contribution in [3.05, 3.63) is 65.9 Å². The van der Waals surface area contributed by atoms with Crippen LogP contribution >= 0.6 is 0 Å². The number of hydrazine groups is 1. The molecule has 120 valence electrons. The zero-order chi connectivity index (χ0) is 17.2.